The van der Waals surface area contributed by atoms with Crippen LogP contribution < -0.4 is 21.7 Å². The number of rotatable bonds is 9. The summed E-state index contributed by atoms with van der Waals surface area (Å²) in [5, 5.41) is 8.06. The van der Waals surface area contributed by atoms with Gasteiger partial charge in [0.2, 0.25) is 11.9 Å². The molecule has 0 radical (unpaired) electrons. The topological polar surface area (TPSA) is 117 Å². The number of hydrogen-bond acceptors (Lipinski definition) is 8. The summed E-state index contributed by atoms with van der Waals surface area (Å²) in [7, 11) is 1.50. The summed E-state index contributed by atoms with van der Waals surface area (Å²) in [6.07, 6.45) is 5.42. The molecule has 0 bridgehead atoms. The van der Waals surface area contributed by atoms with Crippen molar-refractivity contribution in [2.75, 3.05) is 30.5 Å². The van der Waals surface area contributed by atoms with Crippen molar-refractivity contribution in [1.82, 2.24) is 15.3 Å². The highest BCUT2D eigenvalue weighted by atomic mass is 32.2. The Kier molecular flexibility index (Phi) is 8.34. The Morgan fingerprint density at radius 2 is 2.17 bits per heavy atom. The molecule has 1 amide bonds. The number of allylic oxidation sites excluding steroid dienone is 1. The van der Waals surface area contributed by atoms with Crippen LogP contribution >= 0.6 is 11.8 Å². The number of thioether (sulfide) groups is 1. The van der Waals surface area contributed by atoms with Crippen molar-refractivity contribution in [3.05, 3.63) is 53.5 Å². The van der Waals surface area contributed by atoms with E-state index in [1.54, 1.807) is 6.07 Å². The molecule has 154 valence electrons. The number of aliphatic imine (C=N–C) groups is 1. The first-order valence-electron chi connectivity index (χ1n) is 8.45. The van der Waals surface area contributed by atoms with Crippen LogP contribution in [0.5, 0.6) is 0 Å². The molecule has 1 aromatic heterocycles. The number of amides is 1. The van der Waals surface area contributed by atoms with Gasteiger partial charge in [-0.2, -0.15) is 4.98 Å². The smallest absolute Gasteiger partial charge is 0.241 e. The summed E-state index contributed by atoms with van der Waals surface area (Å²) in [4.78, 5) is 23.9. The molecule has 1 heterocycles. The number of hydrogen-bond donors (Lipinski definition) is 4. The Balaban J connectivity index is 2.09. The molecular formula is C18H21F2N7OS. The van der Waals surface area contributed by atoms with Gasteiger partial charge in [0.05, 0.1) is 11.9 Å². The van der Waals surface area contributed by atoms with Gasteiger partial charge in [-0.15, -0.1) is 11.8 Å². The molecule has 11 heteroatoms. The third-order valence-corrected chi connectivity index (χ3v) is 4.45. The highest BCUT2D eigenvalue weighted by molar-refractivity contribution is 7.98. The van der Waals surface area contributed by atoms with E-state index in [1.165, 1.54) is 43.4 Å². The highest BCUT2D eigenvalue weighted by Crippen LogP contribution is 2.23. The molecule has 0 aliphatic carbocycles. The van der Waals surface area contributed by atoms with Crippen LogP contribution in [0.3, 0.4) is 0 Å². The number of nitrogens with one attached hydrogen (secondary N) is 3. The van der Waals surface area contributed by atoms with E-state index >= 15 is 0 Å². The maximum atomic E-state index is 14.1. The van der Waals surface area contributed by atoms with E-state index in [1.807, 2.05) is 6.26 Å². The minimum absolute atomic E-state index is 0.0579. The largest absolute Gasteiger partial charge is 0.403 e. The first-order chi connectivity index (χ1) is 14.0. The molecule has 2 rings (SSSR count). The highest BCUT2D eigenvalue weighted by Gasteiger charge is 2.10. The zero-order valence-electron chi connectivity index (χ0n) is 15.9. The molecule has 29 heavy (non-hydrogen) atoms. The van der Waals surface area contributed by atoms with Crippen LogP contribution in [0.4, 0.5) is 20.5 Å². The van der Waals surface area contributed by atoms with Crippen molar-refractivity contribution < 1.29 is 13.6 Å². The van der Waals surface area contributed by atoms with E-state index in [-0.39, 0.29) is 36.6 Å². The number of carbonyl (C=O) groups is 1. The third kappa shape index (κ3) is 6.71. The molecule has 0 fully saturated rings. The van der Waals surface area contributed by atoms with Crippen LogP contribution in [0, 0.1) is 11.6 Å². The molecule has 0 aliphatic heterocycles. The van der Waals surface area contributed by atoms with Gasteiger partial charge in [0.15, 0.2) is 11.6 Å². The number of carbonyl (C=O) groups excluding carboxylic acids is 1. The summed E-state index contributed by atoms with van der Waals surface area (Å²) in [6.45, 7) is 0.104. The van der Waals surface area contributed by atoms with Crippen molar-refractivity contribution >= 4 is 35.6 Å². The molecule has 2 aromatic rings. The van der Waals surface area contributed by atoms with E-state index in [4.69, 9.17) is 5.73 Å². The van der Waals surface area contributed by atoms with Crippen LogP contribution in [0.25, 0.3) is 0 Å². The van der Waals surface area contributed by atoms with E-state index in [0.29, 0.717) is 11.3 Å². The van der Waals surface area contributed by atoms with E-state index < -0.39 is 5.82 Å². The lowest BCUT2D eigenvalue weighted by Gasteiger charge is -2.11. The molecule has 5 N–H and O–H groups in total. The molecule has 0 saturated heterocycles. The average Bonchev–Trinajstić information content (AvgIpc) is 2.73. The van der Waals surface area contributed by atoms with E-state index in [2.05, 4.69) is 30.9 Å². The number of halogens is 2. The van der Waals surface area contributed by atoms with Crippen LogP contribution in [-0.4, -0.2) is 41.9 Å². The number of benzene rings is 1. The van der Waals surface area contributed by atoms with E-state index in [0.717, 1.165) is 11.1 Å². The Bertz CT molecular complexity index is 921. The number of nitrogens with two attached hydrogens (primary N) is 1. The molecule has 0 saturated carbocycles. The maximum absolute atomic E-state index is 14.1. The zero-order valence-corrected chi connectivity index (χ0v) is 16.7. The van der Waals surface area contributed by atoms with Gasteiger partial charge >= 0.3 is 0 Å². The summed E-state index contributed by atoms with van der Waals surface area (Å²) < 4.78 is 27.6. The molecule has 0 atom stereocenters. The van der Waals surface area contributed by atoms with Crippen molar-refractivity contribution in [3.8, 4) is 0 Å². The Hall–Kier alpha value is -3.21. The first-order valence-corrected chi connectivity index (χ1v) is 9.67. The third-order valence-electron chi connectivity index (χ3n) is 3.61. The van der Waals surface area contributed by atoms with Gasteiger partial charge in [-0.1, -0.05) is 0 Å². The zero-order chi connectivity index (χ0) is 21.2. The average molecular weight is 421 g/mol. The minimum atomic E-state index is -0.663. The number of aromatic nitrogens is 2. The fourth-order valence-corrected chi connectivity index (χ4v) is 2.77. The van der Waals surface area contributed by atoms with Crippen molar-refractivity contribution in [3.63, 3.8) is 0 Å². The van der Waals surface area contributed by atoms with Gasteiger partial charge in [-0.25, -0.2) is 13.8 Å². The second kappa shape index (κ2) is 11.0. The molecular weight excluding hydrogens is 400 g/mol. The van der Waals surface area contributed by atoms with Crippen molar-refractivity contribution in [2.24, 2.45) is 10.7 Å². The molecule has 0 spiro atoms. The second-order valence-corrected chi connectivity index (χ2v) is 6.44. The predicted octanol–water partition coefficient (Wildman–Crippen LogP) is 2.12. The summed E-state index contributed by atoms with van der Waals surface area (Å²) in [5.41, 5.74) is 6.51. The lowest BCUT2D eigenvalue weighted by Crippen LogP contribution is -2.20. The predicted molar refractivity (Wildman–Crippen MR) is 111 cm³/mol. The number of likely N-dealkylation sites (N-methyl/N-ethyl adjacent to an activating group) is 1. The fourth-order valence-electron chi connectivity index (χ4n) is 2.17. The van der Waals surface area contributed by atoms with Crippen LogP contribution in [0.15, 0.2) is 46.2 Å². The van der Waals surface area contributed by atoms with Gasteiger partial charge in [-0.3, -0.25) is 9.79 Å². The van der Waals surface area contributed by atoms with Gasteiger partial charge in [-0.05, 0) is 30.0 Å². The van der Waals surface area contributed by atoms with Gasteiger partial charge < -0.3 is 21.7 Å². The monoisotopic (exact) mass is 421 g/mol. The maximum Gasteiger partial charge on any atom is 0.241 e. The fraction of sp³-hybridized carbons (Fsp3) is 0.222. The second-order valence-electron chi connectivity index (χ2n) is 5.59. The molecule has 8 nitrogen and oxygen atoms in total. The Labute approximate surface area is 171 Å². The quantitative estimate of drug-likeness (QED) is 0.362. The summed E-state index contributed by atoms with van der Waals surface area (Å²) in [6, 6.07) is 4.42. The summed E-state index contributed by atoms with van der Waals surface area (Å²) >= 11 is 1.46. The number of nitrogens with zero attached hydrogens (tertiary/aromatic N) is 3. The van der Waals surface area contributed by atoms with Gasteiger partial charge in [0.25, 0.3) is 0 Å². The minimum Gasteiger partial charge on any atom is -0.403 e. The lowest BCUT2D eigenvalue weighted by molar-refractivity contribution is -0.119. The van der Waals surface area contributed by atoms with Gasteiger partial charge in [0, 0.05) is 30.9 Å². The first kappa shape index (κ1) is 22.1. The summed E-state index contributed by atoms with van der Waals surface area (Å²) in [5.74, 6) is -1.29. The normalized spacial score (nSPS) is 11.5. The SMILES string of the molecule is CNC(=O)CN=CC(=CN)Nc1ncc(F)c(NCc2cc(F)ccc2SC)n1. The standard InChI is InChI=1S/C18H21F2N7OS/c1-22-16(28)10-23-8-13(6-21)26-18-25-9-14(20)17(27-18)24-7-11-5-12(19)3-4-15(11)29-2/h3-6,8-9H,7,10,21H2,1-2H3,(H,22,28)(H2,24,25,26,27). The van der Waals surface area contributed by atoms with Crippen molar-refractivity contribution in [2.45, 2.75) is 11.4 Å². The Morgan fingerprint density at radius 3 is 2.86 bits per heavy atom. The molecule has 0 unspecified atom stereocenters. The lowest BCUT2D eigenvalue weighted by atomic mass is 10.2. The van der Waals surface area contributed by atoms with Crippen LogP contribution in [-0.2, 0) is 11.3 Å². The van der Waals surface area contributed by atoms with Crippen LogP contribution in [0.1, 0.15) is 5.56 Å². The van der Waals surface area contributed by atoms with Crippen LogP contribution in [0.2, 0.25) is 0 Å². The molecule has 0 aliphatic rings. The number of anilines is 2. The molecule has 1 aromatic carbocycles. The van der Waals surface area contributed by atoms with Crippen molar-refractivity contribution in [1.29, 1.82) is 0 Å². The Morgan fingerprint density at radius 1 is 1.38 bits per heavy atom. The van der Waals surface area contributed by atoms with E-state index in [9.17, 15) is 13.6 Å². The van der Waals surface area contributed by atoms with Gasteiger partial charge in [0.1, 0.15) is 12.4 Å².